The van der Waals surface area contributed by atoms with Crippen molar-refractivity contribution in [2.24, 2.45) is 0 Å². The van der Waals surface area contributed by atoms with Gasteiger partial charge in [0.05, 0.1) is 0 Å². The Morgan fingerprint density at radius 3 is 0.429 bits per heavy atom. The van der Waals surface area contributed by atoms with Crippen LogP contribution in [0.4, 0.5) is 0 Å². The quantitative estimate of drug-likeness (QED) is 0.346. The van der Waals surface area contributed by atoms with Gasteiger partial charge in [0.1, 0.15) is 0 Å². The van der Waals surface area contributed by atoms with Gasteiger partial charge < -0.3 is 62.0 Å². The van der Waals surface area contributed by atoms with Crippen LogP contribution in [-0.4, -0.2) is 37.7 Å². The van der Waals surface area contributed by atoms with Crippen LogP contribution < -0.4 is 62.0 Å². The van der Waals surface area contributed by atoms with Crippen LogP contribution in [0.15, 0.2) is 0 Å². The molecular formula is AuCaCl5. The second-order valence-electron chi connectivity index (χ2n) is 0. The van der Waals surface area contributed by atoms with Gasteiger partial charge in [0.25, 0.3) is 0 Å². The maximum atomic E-state index is 0. The third-order valence-corrected chi connectivity index (χ3v) is 0. The SMILES string of the molecule is [Au+3].[Ca+2].[Cl-].[Cl-].[Cl-].[Cl-].[Cl-]. The molecule has 0 saturated heterocycles. The summed E-state index contributed by atoms with van der Waals surface area (Å²) in [6.07, 6.45) is 0. The van der Waals surface area contributed by atoms with Gasteiger partial charge in [-0.1, -0.05) is 0 Å². The fraction of sp³-hybridized carbons (Fsp3) is 0. The van der Waals surface area contributed by atoms with Crippen LogP contribution in [-0.2, 0) is 22.4 Å². The van der Waals surface area contributed by atoms with Crippen molar-refractivity contribution in [3.8, 4) is 0 Å². The van der Waals surface area contributed by atoms with E-state index in [4.69, 9.17) is 0 Å². The molecule has 0 N–H and O–H groups in total. The van der Waals surface area contributed by atoms with Crippen LogP contribution in [0.1, 0.15) is 0 Å². The van der Waals surface area contributed by atoms with Gasteiger partial charge >= 0.3 is 60.1 Å². The Hall–Kier alpha value is 3.45. The third kappa shape index (κ3) is 44.1. The van der Waals surface area contributed by atoms with E-state index in [1.807, 2.05) is 0 Å². The first-order valence-electron chi connectivity index (χ1n) is 0. The minimum atomic E-state index is 0. The molecule has 0 aliphatic carbocycles. The monoisotopic (exact) mass is 412 g/mol. The first-order chi connectivity index (χ1) is 0. The average molecular weight is 414 g/mol. The Kier molecular flexibility index (Phi) is 635. The van der Waals surface area contributed by atoms with Crippen LogP contribution in [0.3, 0.4) is 0 Å². The predicted octanol–water partition coefficient (Wildman–Crippen LogP) is -15.4. The second-order valence-corrected chi connectivity index (χ2v) is 0. The standard InChI is InChI=1S/Au.Ca.5ClH/h;;5*1H/q+3;+2;;;;;/p-5. The van der Waals surface area contributed by atoms with E-state index in [-0.39, 0.29) is 122 Å². The molecule has 0 saturated carbocycles. The smallest absolute Gasteiger partial charge is 1.00 e. The van der Waals surface area contributed by atoms with Crippen molar-refractivity contribution in [3.63, 3.8) is 0 Å². The zero-order valence-corrected chi connectivity index (χ0v) is 11.1. The molecule has 0 spiro atoms. The summed E-state index contributed by atoms with van der Waals surface area (Å²) in [5.41, 5.74) is 0. The maximum Gasteiger partial charge on any atom is 3.00 e. The first kappa shape index (κ1) is 78.4. The van der Waals surface area contributed by atoms with Crippen molar-refractivity contribution in [1.82, 2.24) is 0 Å². The summed E-state index contributed by atoms with van der Waals surface area (Å²) < 4.78 is 0. The van der Waals surface area contributed by atoms with Crippen molar-refractivity contribution in [3.05, 3.63) is 0 Å². The molecule has 0 aromatic heterocycles. The minimum absolute atomic E-state index is 0. The number of halogens is 5. The van der Waals surface area contributed by atoms with Gasteiger partial charge in [-0.2, -0.15) is 0 Å². The van der Waals surface area contributed by atoms with E-state index in [9.17, 15) is 0 Å². The molecule has 0 nitrogen and oxygen atoms in total. The van der Waals surface area contributed by atoms with Gasteiger partial charge in [-0.3, -0.25) is 0 Å². The number of rotatable bonds is 0. The summed E-state index contributed by atoms with van der Waals surface area (Å²) in [4.78, 5) is 0. The topological polar surface area (TPSA) is 0 Å². The molecule has 7 heavy (non-hydrogen) atoms. The van der Waals surface area contributed by atoms with Crippen LogP contribution in [0, 0.1) is 0 Å². The molecule has 0 bridgehead atoms. The molecule has 48 valence electrons. The summed E-state index contributed by atoms with van der Waals surface area (Å²) >= 11 is 0. The van der Waals surface area contributed by atoms with E-state index < -0.39 is 0 Å². The molecular weight excluding hydrogens is 414 g/mol. The van der Waals surface area contributed by atoms with Gasteiger partial charge in [-0.05, 0) is 0 Å². The fourth-order valence-electron chi connectivity index (χ4n) is 0. The van der Waals surface area contributed by atoms with Crippen LogP contribution in [0.5, 0.6) is 0 Å². The Labute approximate surface area is 120 Å². The first-order valence-corrected chi connectivity index (χ1v) is 0. The van der Waals surface area contributed by atoms with Crippen LogP contribution in [0.25, 0.3) is 0 Å². The molecule has 0 aliphatic heterocycles. The second kappa shape index (κ2) is 56.7. The van der Waals surface area contributed by atoms with Crippen molar-refractivity contribution in [1.29, 1.82) is 0 Å². The van der Waals surface area contributed by atoms with E-state index in [1.54, 1.807) is 0 Å². The van der Waals surface area contributed by atoms with Crippen LogP contribution >= 0.6 is 0 Å². The third-order valence-electron chi connectivity index (χ3n) is 0. The van der Waals surface area contributed by atoms with Crippen molar-refractivity contribution >= 4 is 37.7 Å². The molecule has 0 fully saturated rings. The minimum Gasteiger partial charge on any atom is -1.00 e. The molecule has 0 aromatic rings. The Bertz CT molecular complexity index is 8.04. The molecule has 0 aromatic carbocycles. The van der Waals surface area contributed by atoms with E-state index in [1.165, 1.54) is 0 Å². The Morgan fingerprint density at radius 2 is 0.429 bits per heavy atom. The predicted molar refractivity (Wildman–Crippen MR) is 5.75 cm³/mol. The number of hydrogen-bond donors (Lipinski definition) is 0. The molecule has 0 unspecified atom stereocenters. The van der Waals surface area contributed by atoms with Crippen LogP contribution in [0.2, 0.25) is 0 Å². The van der Waals surface area contributed by atoms with E-state index in [0.29, 0.717) is 0 Å². The molecule has 0 amide bonds. The van der Waals surface area contributed by atoms with Gasteiger partial charge in [-0.15, -0.1) is 0 Å². The summed E-state index contributed by atoms with van der Waals surface area (Å²) in [7, 11) is 0. The average Bonchev–Trinajstić information content (AvgIpc) is 0. The largest absolute Gasteiger partial charge is 3.00 e. The van der Waals surface area contributed by atoms with Gasteiger partial charge in [0.2, 0.25) is 0 Å². The van der Waals surface area contributed by atoms with E-state index in [2.05, 4.69) is 0 Å². The van der Waals surface area contributed by atoms with E-state index in [0.717, 1.165) is 0 Å². The zero-order valence-electron chi connectivity index (χ0n) is 2.90. The maximum absolute atomic E-state index is 0. The molecule has 0 aliphatic rings. The fourth-order valence-corrected chi connectivity index (χ4v) is 0. The summed E-state index contributed by atoms with van der Waals surface area (Å²) in [5, 5.41) is 0. The van der Waals surface area contributed by atoms with Gasteiger partial charge in [0, 0.05) is 0 Å². The molecule has 7 heteroatoms. The Balaban J connectivity index is 0. The normalized spacial score (nSPS) is 0. The summed E-state index contributed by atoms with van der Waals surface area (Å²) in [5.74, 6) is 0. The van der Waals surface area contributed by atoms with Crippen molar-refractivity contribution < 1.29 is 84.4 Å². The molecule has 0 heterocycles. The molecule has 0 atom stereocenters. The van der Waals surface area contributed by atoms with E-state index >= 15 is 0 Å². The number of hydrogen-bond acceptors (Lipinski definition) is 0. The summed E-state index contributed by atoms with van der Waals surface area (Å²) in [6, 6.07) is 0. The molecule has 0 rings (SSSR count). The van der Waals surface area contributed by atoms with Crippen molar-refractivity contribution in [2.45, 2.75) is 0 Å². The zero-order chi connectivity index (χ0) is 0. The Morgan fingerprint density at radius 1 is 0.429 bits per heavy atom. The van der Waals surface area contributed by atoms with Gasteiger partial charge in [0.15, 0.2) is 0 Å². The van der Waals surface area contributed by atoms with Gasteiger partial charge in [-0.25, -0.2) is 0 Å². The van der Waals surface area contributed by atoms with Crippen molar-refractivity contribution in [2.75, 3.05) is 0 Å². The summed E-state index contributed by atoms with van der Waals surface area (Å²) in [6.45, 7) is 0. The molecule has 0 radical (unpaired) electrons.